The Kier molecular flexibility index (Phi) is 5.08. The van der Waals surface area contributed by atoms with E-state index in [0.29, 0.717) is 5.25 Å². The van der Waals surface area contributed by atoms with Gasteiger partial charge in [0.25, 0.3) is 0 Å². The third kappa shape index (κ3) is 5.19. The number of carbonyl (C=O) groups excluding carboxylic acids is 1. The Balaban J connectivity index is 1.82. The lowest BCUT2D eigenvalue weighted by atomic mass is 10.1. The molecule has 116 valence electrons. The summed E-state index contributed by atoms with van der Waals surface area (Å²) in [6.45, 7) is 9.11. The highest BCUT2D eigenvalue weighted by atomic mass is 32.2. The zero-order chi connectivity index (χ0) is 15.5. The Hall–Kier alpha value is -1.30. The van der Waals surface area contributed by atoms with Gasteiger partial charge in [0.15, 0.2) is 5.16 Å². The van der Waals surface area contributed by atoms with Gasteiger partial charge in [-0.15, -0.1) is 0 Å². The van der Waals surface area contributed by atoms with Crippen LogP contribution in [-0.2, 0) is 4.74 Å². The summed E-state index contributed by atoms with van der Waals surface area (Å²) in [5, 5.41) is 1.29. The van der Waals surface area contributed by atoms with Crippen molar-refractivity contribution in [1.82, 2.24) is 14.9 Å². The Labute approximate surface area is 130 Å². The molecule has 6 heteroatoms. The normalized spacial score (nSPS) is 16.9. The van der Waals surface area contributed by atoms with Gasteiger partial charge < -0.3 is 9.64 Å². The minimum Gasteiger partial charge on any atom is -0.444 e. The first-order valence-electron chi connectivity index (χ1n) is 7.28. The number of likely N-dealkylation sites (tertiary alicyclic amines) is 1. The maximum Gasteiger partial charge on any atom is 0.410 e. The minimum absolute atomic E-state index is 0.210. The molecule has 0 aliphatic carbocycles. The average Bonchev–Trinajstić information content (AvgIpc) is 2.37. The predicted octanol–water partition coefficient (Wildman–Crippen LogP) is 3.28. The lowest BCUT2D eigenvalue weighted by Gasteiger charge is -2.32. The van der Waals surface area contributed by atoms with E-state index in [9.17, 15) is 4.79 Å². The van der Waals surface area contributed by atoms with E-state index < -0.39 is 5.60 Å². The molecule has 0 unspecified atom stereocenters. The highest BCUT2D eigenvalue weighted by Gasteiger charge is 2.27. The third-order valence-corrected chi connectivity index (χ3v) is 4.35. The summed E-state index contributed by atoms with van der Waals surface area (Å²) in [5.41, 5.74) is 0.552. The number of thioether (sulfide) groups is 1. The largest absolute Gasteiger partial charge is 0.444 e. The number of nitrogens with zero attached hydrogens (tertiary/aromatic N) is 3. The first-order chi connectivity index (χ1) is 9.83. The third-order valence-electron chi connectivity index (χ3n) is 3.14. The van der Waals surface area contributed by atoms with Crippen LogP contribution in [-0.4, -0.2) is 44.9 Å². The molecule has 21 heavy (non-hydrogen) atoms. The Morgan fingerprint density at radius 2 is 2.05 bits per heavy atom. The van der Waals surface area contributed by atoms with E-state index >= 15 is 0 Å². The van der Waals surface area contributed by atoms with E-state index in [-0.39, 0.29) is 6.09 Å². The van der Waals surface area contributed by atoms with Crippen molar-refractivity contribution in [1.29, 1.82) is 0 Å². The van der Waals surface area contributed by atoms with Crippen molar-refractivity contribution in [3.05, 3.63) is 18.0 Å². The van der Waals surface area contributed by atoms with E-state index in [1.807, 2.05) is 33.8 Å². The van der Waals surface area contributed by atoms with Crippen LogP contribution in [0.5, 0.6) is 0 Å². The highest BCUT2D eigenvalue weighted by Crippen LogP contribution is 2.28. The van der Waals surface area contributed by atoms with Gasteiger partial charge in [-0.25, -0.2) is 14.8 Å². The average molecular weight is 309 g/mol. The second-order valence-corrected chi connectivity index (χ2v) is 7.53. The maximum atomic E-state index is 12.0. The van der Waals surface area contributed by atoms with E-state index in [1.165, 1.54) is 0 Å². The molecular formula is C15H23N3O2S. The topological polar surface area (TPSA) is 55.3 Å². The Morgan fingerprint density at radius 1 is 1.38 bits per heavy atom. The lowest BCUT2D eigenvalue weighted by molar-refractivity contribution is 0.0219. The molecule has 2 rings (SSSR count). The van der Waals surface area contributed by atoms with Gasteiger partial charge in [-0.05, 0) is 46.6 Å². The second kappa shape index (κ2) is 6.64. The summed E-state index contributed by atoms with van der Waals surface area (Å²) in [5.74, 6) is 0. The molecule has 0 saturated carbocycles. The monoisotopic (exact) mass is 309 g/mol. The molecule has 1 amide bonds. The van der Waals surface area contributed by atoms with Gasteiger partial charge in [-0.3, -0.25) is 0 Å². The zero-order valence-corrected chi connectivity index (χ0v) is 13.9. The van der Waals surface area contributed by atoms with Crippen molar-refractivity contribution in [2.24, 2.45) is 0 Å². The van der Waals surface area contributed by atoms with Crippen LogP contribution >= 0.6 is 11.8 Å². The summed E-state index contributed by atoms with van der Waals surface area (Å²) in [6, 6.07) is 1.90. The van der Waals surface area contributed by atoms with Crippen LogP contribution in [0, 0.1) is 6.92 Å². The number of hydrogen-bond donors (Lipinski definition) is 0. The first kappa shape index (κ1) is 16.1. The fourth-order valence-electron chi connectivity index (χ4n) is 2.11. The highest BCUT2D eigenvalue weighted by molar-refractivity contribution is 7.99. The van der Waals surface area contributed by atoms with E-state index in [4.69, 9.17) is 4.74 Å². The molecule has 1 aliphatic rings. The molecule has 0 bridgehead atoms. The molecule has 0 N–H and O–H groups in total. The van der Waals surface area contributed by atoms with Gasteiger partial charge >= 0.3 is 6.09 Å². The standard InChI is InChI=1S/C15H23N3O2S/c1-11-5-8-16-13(17-11)21-12-6-9-18(10-7-12)14(19)20-15(2,3)4/h5,8,12H,6-7,9-10H2,1-4H3. The van der Waals surface area contributed by atoms with Crippen LogP contribution < -0.4 is 0 Å². The minimum atomic E-state index is -0.432. The van der Waals surface area contributed by atoms with E-state index in [0.717, 1.165) is 36.8 Å². The molecule has 0 spiro atoms. The molecule has 1 aliphatic heterocycles. The lowest BCUT2D eigenvalue weighted by Crippen LogP contribution is -2.42. The number of carbonyl (C=O) groups is 1. The van der Waals surface area contributed by atoms with E-state index in [1.54, 1.807) is 22.9 Å². The Bertz CT molecular complexity index is 494. The molecular weight excluding hydrogens is 286 g/mol. The molecule has 5 nitrogen and oxygen atoms in total. The molecule has 0 aromatic carbocycles. The van der Waals surface area contributed by atoms with Gasteiger partial charge in [0.2, 0.25) is 0 Å². The van der Waals surface area contributed by atoms with Crippen molar-refractivity contribution in [2.45, 2.75) is 56.5 Å². The molecule has 2 heterocycles. The molecule has 1 aromatic heterocycles. The van der Waals surface area contributed by atoms with E-state index in [2.05, 4.69) is 9.97 Å². The van der Waals surface area contributed by atoms with Gasteiger partial charge in [0.1, 0.15) is 5.60 Å². The summed E-state index contributed by atoms with van der Waals surface area (Å²) in [7, 11) is 0. The van der Waals surface area contributed by atoms with Crippen molar-refractivity contribution in [3.63, 3.8) is 0 Å². The fraction of sp³-hybridized carbons (Fsp3) is 0.667. The smallest absolute Gasteiger partial charge is 0.410 e. The van der Waals surface area contributed by atoms with Crippen molar-refractivity contribution < 1.29 is 9.53 Å². The van der Waals surface area contributed by atoms with Crippen LogP contribution in [0.4, 0.5) is 4.79 Å². The number of rotatable bonds is 2. The van der Waals surface area contributed by atoms with Gasteiger partial charge in [-0.1, -0.05) is 11.8 Å². The number of ether oxygens (including phenoxy) is 1. The SMILES string of the molecule is Cc1ccnc(SC2CCN(C(=O)OC(C)(C)C)CC2)n1. The summed E-state index contributed by atoms with van der Waals surface area (Å²) in [6.07, 6.45) is 3.47. The van der Waals surface area contributed by atoms with Crippen LogP contribution in [0.3, 0.4) is 0 Å². The predicted molar refractivity (Wildman–Crippen MR) is 83.5 cm³/mol. The number of aryl methyl sites for hydroxylation is 1. The van der Waals surface area contributed by atoms with Crippen LogP contribution in [0.15, 0.2) is 17.4 Å². The number of piperidine rings is 1. The molecule has 1 saturated heterocycles. The van der Waals surface area contributed by atoms with Crippen molar-refractivity contribution >= 4 is 17.9 Å². The van der Waals surface area contributed by atoms with Crippen LogP contribution in [0.25, 0.3) is 0 Å². The van der Waals surface area contributed by atoms with Crippen LogP contribution in [0.2, 0.25) is 0 Å². The van der Waals surface area contributed by atoms with Gasteiger partial charge in [-0.2, -0.15) is 0 Å². The fourth-order valence-corrected chi connectivity index (χ4v) is 3.18. The molecule has 0 atom stereocenters. The first-order valence-corrected chi connectivity index (χ1v) is 8.16. The second-order valence-electron chi connectivity index (χ2n) is 6.27. The van der Waals surface area contributed by atoms with Gasteiger partial charge in [0, 0.05) is 30.2 Å². The summed E-state index contributed by atoms with van der Waals surface area (Å²) in [4.78, 5) is 22.5. The van der Waals surface area contributed by atoms with Crippen molar-refractivity contribution in [2.75, 3.05) is 13.1 Å². The number of amides is 1. The van der Waals surface area contributed by atoms with Crippen molar-refractivity contribution in [3.8, 4) is 0 Å². The molecule has 0 radical (unpaired) electrons. The maximum absolute atomic E-state index is 12.0. The van der Waals surface area contributed by atoms with Crippen LogP contribution in [0.1, 0.15) is 39.3 Å². The summed E-state index contributed by atoms with van der Waals surface area (Å²) >= 11 is 1.70. The quantitative estimate of drug-likeness (QED) is 0.785. The number of aromatic nitrogens is 2. The zero-order valence-electron chi connectivity index (χ0n) is 13.1. The molecule has 1 aromatic rings. The number of hydrogen-bond acceptors (Lipinski definition) is 5. The Morgan fingerprint density at radius 3 is 2.62 bits per heavy atom. The summed E-state index contributed by atoms with van der Waals surface area (Å²) < 4.78 is 5.40. The van der Waals surface area contributed by atoms with Gasteiger partial charge in [0.05, 0.1) is 0 Å². The molecule has 1 fully saturated rings.